The smallest absolute Gasteiger partial charge is 0.277 e. The minimum atomic E-state index is -0.123. The van der Waals surface area contributed by atoms with Gasteiger partial charge in [-0.05, 0) is 49.2 Å². The number of carbonyl (C=O) groups excluding carboxylic acids is 1. The highest BCUT2D eigenvalue weighted by Crippen LogP contribution is 2.24. The van der Waals surface area contributed by atoms with E-state index in [-0.39, 0.29) is 11.7 Å². The molecule has 0 saturated carbocycles. The summed E-state index contributed by atoms with van der Waals surface area (Å²) in [6, 6.07) is 9.56. The maximum atomic E-state index is 11.8. The van der Waals surface area contributed by atoms with E-state index in [9.17, 15) is 4.79 Å². The van der Waals surface area contributed by atoms with E-state index in [1.54, 1.807) is 18.4 Å². The van der Waals surface area contributed by atoms with Crippen LogP contribution in [-0.2, 0) is 11.3 Å². The number of nitrogens with one attached hydrogen (secondary N) is 1. The predicted molar refractivity (Wildman–Crippen MR) is 90.5 cm³/mol. The van der Waals surface area contributed by atoms with Crippen molar-refractivity contribution < 1.29 is 13.6 Å². The van der Waals surface area contributed by atoms with Crippen molar-refractivity contribution in [1.82, 2.24) is 15.5 Å². The van der Waals surface area contributed by atoms with Gasteiger partial charge < -0.3 is 14.2 Å². The van der Waals surface area contributed by atoms with Crippen LogP contribution in [0.2, 0.25) is 0 Å². The summed E-state index contributed by atoms with van der Waals surface area (Å²) in [5.74, 6) is 1.25. The van der Waals surface area contributed by atoms with Crippen molar-refractivity contribution in [3.8, 4) is 11.5 Å². The van der Waals surface area contributed by atoms with E-state index in [0.29, 0.717) is 23.4 Å². The van der Waals surface area contributed by atoms with E-state index in [4.69, 9.17) is 8.83 Å². The standard InChI is InChI=1S/C17H17N3O3S/c1-11-5-6-13(8-12(11)2)16-19-20-17(23-16)24-10-15(21)18-9-14-4-3-7-22-14/h3-8H,9-10H2,1-2H3,(H,18,21). The van der Waals surface area contributed by atoms with Crippen molar-refractivity contribution in [1.29, 1.82) is 0 Å². The van der Waals surface area contributed by atoms with E-state index in [1.165, 1.54) is 17.3 Å². The Morgan fingerprint density at radius 3 is 2.83 bits per heavy atom. The highest BCUT2D eigenvalue weighted by Gasteiger charge is 2.12. The maximum Gasteiger partial charge on any atom is 0.277 e. The van der Waals surface area contributed by atoms with Gasteiger partial charge in [0, 0.05) is 5.56 Å². The fourth-order valence-electron chi connectivity index (χ4n) is 2.04. The Kier molecular flexibility index (Phi) is 5.00. The molecule has 0 aliphatic rings. The van der Waals surface area contributed by atoms with E-state index < -0.39 is 0 Å². The molecule has 1 amide bonds. The zero-order valence-corrected chi connectivity index (χ0v) is 14.2. The summed E-state index contributed by atoms with van der Waals surface area (Å²) < 4.78 is 10.8. The van der Waals surface area contributed by atoms with Crippen LogP contribution in [0.5, 0.6) is 0 Å². The molecule has 0 bridgehead atoms. The van der Waals surface area contributed by atoms with Crippen LogP contribution in [0.15, 0.2) is 50.7 Å². The summed E-state index contributed by atoms with van der Waals surface area (Å²) in [6.45, 7) is 4.45. The monoisotopic (exact) mass is 343 g/mol. The van der Waals surface area contributed by atoms with Gasteiger partial charge in [0.1, 0.15) is 5.76 Å². The SMILES string of the molecule is Cc1ccc(-c2nnc(SCC(=O)NCc3ccco3)o2)cc1C. The molecule has 0 aliphatic carbocycles. The minimum Gasteiger partial charge on any atom is -0.467 e. The third kappa shape index (κ3) is 4.05. The molecule has 0 fully saturated rings. The molecule has 1 aromatic carbocycles. The highest BCUT2D eigenvalue weighted by atomic mass is 32.2. The molecule has 24 heavy (non-hydrogen) atoms. The van der Waals surface area contributed by atoms with Crippen molar-refractivity contribution in [2.24, 2.45) is 0 Å². The number of hydrogen-bond donors (Lipinski definition) is 1. The van der Waals surface area contributed by atoms with Crippen molar-refractivity contribution >= 4 is 17.7 Å². The van der Waals surface area contributed by atoms with Crippen molar-refractivity contribution in [3.05, 3.63) is 53.5 Å². The van der Waals surface area contributed by atoms with Crippen LogP contribution in [0, 0.1) is 13.8 Å². The van der Waals surface area contributed by atoms with Crippen molar-refractivity contribution in [3.63, 3.8) is 0 Å². The average Bonchev–Trinajstić information content (AvgIpc) is 3.25. The summed E-state index contributed by atoms with van der Waals surface area (Å²) in [7, 11) is 0. The second-order valence-electron chi connectivity index (χ2n) is 5.32. The number of carbonyl (C=O) groups is 1. The van der Waals surface area contributed by atoms with Gasteiger partial charge in [-0.1, -0.05) is 17.8 Å². The molecule has 0 atom stereocenters. The summed E-state index contributed by atoms with van der Waals surface area (Å²) in [5.41, 5.74) is 3.25. The Morgan fingerprint density at radius 1 is 1.21 bits per heavy atom. The van der Waals surface area contributed by atoms with Gasteiger partial charge in [-0.15, -0.1) is 10.2 Å². The molecule has 1 N–H and O–H groups in total. The summed E-state index contributed by atoms with van der Waals surface area (Å²) in [4.78, 5) is 11.8. The topological polar surface area (TPSA) is 81.2 Å². The van der Waals surface area contributed by atoms with Crippen LogP contribution in [0.1, 0.15) is 16.9 Å². The van der Waals surface area contributed by atoms with Crippen LogP contribution < -0.4 is 5.32 Å². The highest BCUT2D eigenvalue weighted by molar-refractivity contribution is 7.99. The molecule has 2 heterocycles. The molecular formula is C17H17N3O3S. The lowest BCUT2D eigenvalue weighted by atomic mass is 10.1. The van der Waals surface area contributed by atoms with Crippen molar-refractivity contribution in [2.75, 3.05) is 5.75 Å². The number of aromatic nitrogens is 2. The first-order chi connectivity index (χ1) is 11.6. The Balaban J connectivity index is 1.54. The molecule has 0 radical (unpaired) electrons. The van der Waals surface area contributed by atoms with Gasteiger partial charge in [-0.2, -0.15) is 0 Å². The second kappa shape index (κ2) is 7.35. The van der Waals surface area contributed by atoms with Crippen molar-refractivity contribution in [2.45, 2.75) is 25.6 Å². The number of nitrogens with zero attached hydrogens (tertiary/aromatic N) is 2. The molecule has 0 saturated heterocycles. The summed E-state index contributed by atoms with van der Waals surface area (Å²) in [6.07, 6.45) is 1.57. The first-order valence-corrected chi connectivity index (χ1v) is 8.43. The Bertz CT molecular complexity index is 827. The third-order valence-corrected chi connectivity index (χ3v) is 4.35. The van der Waals surface area contributed by atoms with E-state index in [2.05, 4.69) is 22.4 Å². The van der Waals surface area contributed by atoms with Gasteiger partial charge in [0.2, 0.25) is 11.8 Å². The van der Waals surface area contributed by atoms with Gasteiger partial charge >= 0.3 is 0 Å². The fourth-order valence-corrected chi connectivity index (χ4v) is 2.63. The number of benzene rings is 1. The number of aryl methyl sites for hydroxylation is 2. The third-order valence-electron chi connectivity index (χ3n) is 3.53. The zero-order valence-electron chi connectivity index (χ0n) is 13.4. The molecule has 0 unspecified atom stereocenters. The lowest BCUT2D eigenvalue weighted by molar-refractivity contribution is -0.118. The molecule has 7 heteroatoms. The van der Waals surface area contributed by atoms with Gasteiger partial charge in [-0.3, -0.25) is 4.79 Å². The lowest BCUT2D eigenvalue weighted by Gasteiger charge is -2.01. The Hall–Kier alpha value is -2.54. The van der Waals surface area contributed by atoms with E-state index in [1.807, 2.05) is 25.1 Å². The predicted octanol–water partition coefficient (Wildman–Crippen LogP) is 3.35. The molecule has 0 aliphatic heterocycles. The zero-order chi connectivity index (χ0) is 16.9. The number of furan rings is 1. The van der Waals surface area contributed by atoms with Gasteiger partial charge in [0.15, 0.2) is 0 Å². The van der Waals surface area contributed by atoms with Gasteiger partial charge in [0.05, 0.1) is 18.6 Å². The molecule has 6 nitrogen and oxygen atoms in total. The van der Waals surface area contributed by atoms with Crippen LogP contribution >= 0.6 is 11.8 Å². The minimum absolute atomic E-state index is 0.123. The van der Waals surface area contributed by atoms with Crippen LogP contribution in [0.3, 0.4) is 0 Å². The van der Waals surface area contributed by atoms with Crippen LogP contribution in [0.4, 0.5) is 0 Å². The summed E-state index contributed by atoms with van der Waals surface area (Å²) in [5, 5.41) is 11.1. The fraction of sp³-hybridized carbons (Fsp3) is 0.235. The molecule has 0 spiro atoms. The first kappa shape index (κ1) is 16.3. The molecular weight excluding hydrogens is 326 g/mol. The van der Waals surface area contributed by atoms with Gasteiger partial charge in [-0.25, -0.2) is 0 Å². The Labute approximate surface area is 143 Å². The van der Waals surface area contributed by atoms with E-state index >= 15 is 0 Å². The molecule has 2 aromatic heterocycles. The second-order valence-corrected chi connectivity index (χ2v) is 6.24. The summed E-state index contributed by atoms with van der Waals surface area (Å²) >= 11 is 1.21. The number of hydrogen-bond acceptors (Lipinski definition) is 6. The van der Waals surface area contributed by atoms with Crippen LogP contribution in [0.25, 0.3) is 11.5 Å². The first-order valence-electron chi connectivity index (χ1n) is 7.45. The number of thioether (sulfide) groups is 1. The number of rotatable bonds is 6. The quantitative estimate of drug-likeness (QED) is 0.691. The Morgan fingerprint density at radius 2 is 2.08 bits per heavy atom. The van der Waals surface area contributed by atoms with Gasteiger partial charge in [0.25, 0.3) is 5.22 Å². The van der Waals surface area contributed by atoms with Crippen LogP contribution in [-0.4, -0.2) is 21.9 Å². The van der Waals surface area contributed by atoms with E-state index in [0.717, 1.165) is 11.1 Å². The maximum absolute atomic E-state index is 11.8. The molecule has 3 rings (SSSR count). The number of amides is 1. The largest absolute Gasteiger partial charge is 0.467 e. The molecule has 3 aromatic rings. The normalized spacial score (nSPS) is 10.8. The lowest BCUT2D eigenvalue weighted by Crippen LogP contribution is -2.24. The molecule has 124 valence electrons. The average molecular weight is 343 g/mol.